The highest BCUT2D eigenvalue weighted by atomic mass is 79.9. The van der Waals surface area contributed by atoms with Crippen LogP contribution in [0.15, 0.2) is 27.7 Å². The number of nitrogens with one attached hydrogen (secondary N) is 1. The molecule has 0 spiro atoms. The topological polar surface area (TPSA) is 24.4 Å². The standard InChI is InChI=1S/C11H12BrClN2S/c1-2-8-6-14-11(16-8)15-7-3-4-10(13)9(12)5-7/h3-5,8H,2,6H2,1H3,(H,14,15). The molecule has 1 unspecified atom stereocenters. The van der Waals surface area contributed by atoms with E-state index in [1.807, 2.05) is 18.2 Å². The van der Waals surface area contributed by atoms with Gasteiger partial charge in [-0.15, -0.1) is 0 Å². The summed E-state index contributed by atoms with van der Waals surface area (Å²) in [7, 11) is 0. The van der Waals surface area contributed by atoms with Gasteiger partial charge in [0.15, 0.2) is 5.17 Å². The fourth-order valence-corrected chi connectivity index (χ4v) is 2.85. The first kappa shape index (κ1) is 12.3. The van der Waals surface area contributed by atoms with Crippen molar-refractivity contribution in [3.63, 3.8) is 0 Å². The molecule has 16 heavy (non-hydrogen) atoms. The van der Waals surface area contributed by atoms with Gasteiger partial charge in [-0.25, -0.2) is 0 Å². The first-order valence-corrected chi connectivity index (χ1v) is 7.17. The van der Waals surface area contributed by atoms with Crippen molar-refractivity contribution in [2.75, 3.05) is 11.9 Å². The number of halogens is 2. The number of benzene rings is 1. The van der Waals surface area contributed by atoms with E-state index in [2.05, 4.69) is 33.2 Å². The monoisotopic (exact) mass is 318 g/mol. The Balaban J connectivity index is 2.02. The highest BCUT2D eigenvalue weighted by molar-refractivity contribution is 9.10. The lowest BCUT2D eigenvalue weighted by atomic mass is 10.3. The molecule has 1 atom stereocenters. The Kier molecular flexibility index (Phi) is 4.16. The Morgan fingerprint density at radius 2 is 2.44 bits per heavy atom. The van der Waals surface area contributed by atoms with Crippen LogP contribution in [0.25, 0.3) is 0 Å². The second-order valence-corrected chi connectivity index (χ2v) is 6.10. The SMILES string of the molecule is CCC1CN=C(Nc2ccc(Cl)c(Br)c2)S1. The molecule has 2 rings (SSSR count). The summed E-state index contributed by atoms with van der Waals surface area (Å²) in [6.45, 7) is 3.10. The van der Waals surface area contributed by atoms with Crippen molar-refractivity contribution in [3.05, 3.63) is 27.7 Å². The van der Waals surface area contributed by atoms with Crippen molar-refractivity contribution in [2.24, 2.45) is 4.99 Å². The van der Waals surface area contributed by atoms with Gasteiger partial charge in [0.25, 0.3) is 0 Å². The average molecular weight is 320 g/mol. The van der Waals surface area contributed by atoms with E-state index in [-0.39, 0.29) is 0 Å². The van der Waals surface area contributed by atoms with E-state index < -0.39 is 0 Å². The lowest BCUT2D eigenvalue weighted by molar-refractivity contribution is 0.843. The van der Waals surface area contributed by atoms with E-state index in [0.717, 1.165) is 33.3 Å². The third-order valence-corrected chi connectivity index (χ3v) is 4.83. The number of thioether (sulfide) groups is 1. The second kappa shape index (κ2) is 5.43. The summed E-state index contributed by atoms with van der Waals surface area (Å²) in [6.07, 6.45) is 1.16. The summed E-state index contributed by atoms with van der Waals surface area (Å²) < 4.78 is 0.898. The minimum absolute atomic E-state index is 0.623. The van der Waals surface area contributed by atoms with Crippen LogP contribution in [0, 0.1) is 0 Å². The Hall–Kier alpha value is -0.190. The highest BCUT2D eigenvalue weighted by Gasteiger charge is 2.17. The van der Waals surface area contributed by atoms with E-state index in [4.69, 9.17) is 11.6 Å². The molecule has 0 saturated heterocycles. The summed E-state index contributed by atoms with van der Waals surface area (Å²) in [5.74, 6) is 0. The van der Waals surface area contributed by atoms with Gasteiger partial charge >= 0.3 is 0 Å². The van der Waals surface area contributed by atoms with Crippen molar-refractivity contribution >= 4 is 50.1 Å². The van der Waals surface area contributed by atoms with Crippen molar-refractivity contribution in [2.45, 2.75) is 18.6 Å². The Bertz CT molecular complexity index is 422. The molecule has 0 amide bonds. The van der Waals surface area contributed by atoms with E-state index in [0.29, 0.717) is 5.25 Å². The molecule has 0 fully saturated rings. The predicted molar refractivity (Wildman–Crippen MR) is 76.7 cm³/mol. The normalized spacial score (nSPS) is 19.7. The Morgan fingerprint density at radius 3 is 3.06 bits per heavy atom. The molecule has 0 aromatic heterocycles. The van der Waals surface area contributed by atoms with Gasteiger partial charge in [-0.1, -0.05) is 30.3 Å². The molecule has 1 aliphatic rings. The first-order chi connectivity index (χ1) is 7.69. The van der Waals surface area contributed by atoms with Crippen LogP contribution in [0.5, 0.6) is 0 Å². The van der Waals surface area contributed by atoms with Crippen LogP contribution in [0.4, 0.5) is 5.69 Å². The molecule has 0 aliphatic carbocycles. The van der Waals surface area contributed by atoms with Crippen LogP contribution in [-0.2, 0) is 0 Å². The maximum absolute atomic E-state index is 5.93. The zero-order chi connectivity index (χ0) is 11.5. The molecule has 0 saturated carbocycles. The molecule has 1 aliphatic heterocycles. The van der Waals surface area contributed by atoms with Crippen LogP contribution in [0.1, 0.15) is 13.3 Å². The summed E-state index contributed by atoms with van der Waals surface area (Å²) in [6, 6.07) is 5.78. The van der Waals surface area contributed by atoms with Gasteiger partial charge in [-0.2, -0.15) is 0 Å². The van der Waals surface area contributed by atoms with Crippen LogP contribution >= 0.6 is 39.3 Å². The van der Waals surface area contributed by atoms with Crippen molar-refractivity contribution in [3.8, 4) is 0 Å². The maximum Gasteiger partial charge on any atom is 0.161 e. The molecular formula is C11H12BrClN2S. The smallest absolute Gasteiger partial charge is 0.161 e. The third-order valence-electron chi connectivity index (χ3n) is 2.34. The predicted octanol–water partition coefficient (Wildman–Crippen LogP) is 4.40. The number of rotatable bonds is 2. The van der Waals surface area contributed by atoms with Crippen LogP contribution in [0.2, 0.25) is 5.02 Å². The minimum Gasteiger partial charge on any atom is -0.335 e. The quantitative estimate of drug-likeness (QED) is 0.874. The van der Waals surface area contributed by atoms with Crippen molar-refractivity contribution < 1.29 is 0 Å². The van der Waals surface area contributed by atoms with Gasteiger partial charge in [0.2, 0.25) is 0 Å². The van der Waals surface area contributed by atoms with Gasteiger partial charge in [0.1, 0.15) is 0 Å². The Morgan fingerprint density at radius 1 is 1.62 bits per heavy atom. The molecule has 1 aromatic carbocycles. The van der Waals surface area contributed by atoms with E-state index >= 15 is 0 Å². The van der Waals surface area contributed by atoms with Gasteiger partial charge in [0.05, 0.1) is 11.6 Å². The summed E-state index contributed by atoms with van der Waals surface area (Å²) in [5, 5.41) is 5.64. The maximum atomic E-state index is 5.93. The molecule has 2 nitrogen and oxygen atoms in total. The molecule has 86 valence electrons. The Labute approximate surface area is 113 Å². The van der Waals surface area contributed by atoms with Gasteiger partial charge < -0.3 is 5.32 Å². The van der Waals surface area contributed by atoms with E-state index in [9.17, 15) is 0 Å². The van der Waals surface area contributed by atoms with Gasteiger partial charge in [-0.05, 0) is 40.5 Å². The molecule has 1 N–H and O–H groups in total. The zero-order valence-corrected chi connectivity index (χ0v) is 12.0. The minimum atomic E-state index is 0.623. The van der Waals surface area contributed by atoms with Crippen LogP contribution in [-0.4, -0.2) is 17.0 Å². The van der Waals surface area contributed by atoms with Gasteiger partial charge in [0, 0.05) is 15.4 Å². The lowest BCUT2D eigenvalue weighted by Gasteiger charge is -2.07. The van der Waals surface area contributed by atoms with E-state index in [1.165, 1.54) is 0 Å². The van der Waals surface area contributed by atoms with Crippen LogP contribution in [0.3, 0.4) is 0 Å². The fourth-order valence-electron chi connectivity index (χ4n) is 1.40. The molecule has 5 heteroatoms. The number of nitrogens with zero attached hydrogens (tertiary/aromatic N) is 1. The number of amidine groups is 1. The summed E-state index contributed by atoms with van der Waals surface area (Å²) in [5.41, 5.74) is 1.01. The van der Waals surface area contributed by atoms with Crippen molar-refractivity contribution in [1.82, 2.24) is 0 Å². The fraction of sp³-hybridized carbons (Fsp3) is 0.364. The van der Waals surface area contributed by atoms with Crippen LogP contribution < -0.4 is 5.32 Å². The highest BCUT2D eigenvalue weighted by Crippen LogP contribution is 2.28. The number of anilines is 1. The summed E-state index contributed by atoms with van der Waals surface area (Å²) in [4.78, 5) is 4.46. The lowest BCUT2D eigenvalue weighted by Crippen LogP contribution is -2.06. The molecule has 1 aromatic rings. The first-order valence-electron chi connectivity index (χ1n) is 5.12. The zero-order valence-electron chi connectivity index (χ0n) is 8.84. The van der Waals surface area contributed by atoms with E-state index in [1.54, 1.807) is 11.8 Å². The molecule has 0 radical (unpaired) electrons. The third kappa shape index (κ3) is 2.93. The number of aliphatic imine (C=N–C) groups is 1. The average Bonchev–Trinajstić information content (AvgIpc) is 2.71. The molecule has 1 heterocycles. The molecular weight excluding hydrogens is 308 g/mol. The van der Waals surface area contributed by atoms with Gasteiger partial charge in [-0.3, -0.25) is 4.99 Å². The number of hydrogen-bond donors (Lipinski definition) is 1. The largest absolute Gasteiger partial charge is 0.335 e. The second-order valence-electron chi connectivity index (χ2n) is 3.55. The molecule has 0 bridgehead atoms. The number of hydrogen-bond acceptors (Lipinski definition) is 3. The van der Waals surface area contributed by atoms with Crippen molar-refractivity contribution in [1.29, 1.82) is 0 Å². The summed E-state index contributed by atoms with van der Waals surface area (Å²) >= 11 is 11.1.